The van der Waals surface area contributed by atoms with Gasteiger partial charge in [-0.1, -0.05) is 23.7 Å². The van der Waals surface area contributed by atoms with Gasteiger partial charge < -0.3 is 5.32 Å². The van der Waals surface area contributed by atoms with Crippen LogP contribution in [0.25, 0.3) is 0 Å². The quantitative estimate of drug-likeness (QED) is 0.892. The highest BCUT2D eigenvalue weighted by atomic mass is 35.5. The number of nitrogens with zero attached hydrogens (tertiary/aromatic N) is 1. The highest BCUT2D eigenvalue weighted by Gasteiger charge is 2.20. The molecule has 0 spiro atoms. The third-order valence-electron chi connectivity index (χ3n) is 4.03. The summed E-state index contributed by atoms with van der Waals surface area (Å²) in [4.78, 5) is 2.34. The van der Waals surface area contributed by atoms with Crippen LogP contribution in [0, 0.1) is 11.7 Å². The normalized spacial score (nSPS) is 19.8. The number of halogens is 2. The maximum Gasteiger partial charge on any atom is 0.146 e. The first-order chi connectivity index (χ1) is 9.58. The molecule has 1 N–H and O–H groups in total. The van der Waals surface area contributed by atoms with Gasteiger partial charge in [-0.3, -0.25) is 4.90 Å². The summed E-state index contributed by atoms with van der Waals surface area (Å²) < 4.78 is 14.0. The lowest BCUT2D eigenvalue weighted by atomic mass is 9.98. The van der Waals surface area contributed by atoms with E-state index in [1.54, 1.807) is 6.07 Å². The molecule has 1 aromatic rings. The molecule has 0 radical (unpaired) electrons. The van der Waals surface area contributed by atoms with Crippen LogP contribution in [-0.4, -0.2) is 30.6 Å². The monoisotopic (exact) mass is 298 g/mol. The van der Waals surface area contributed by atoms with Gasteiger partial charge in [0.25, 0.3) is 0 Å². The first-order valence-electron chi connectivity index (χ1n) is 7.45. The lowest BCUT2D eigenvalue weighted by Crippen LogP contribution is -2.40. The first-order valence-corrected chi connectivity index (χ1v) is 7.83. The Morgan fingerprint density at radius 1 is 1.45 bits per heavy atom. The minimum absolute atomic E-state index is 0.213. The molecular formula is C16H24ClFN2. The van der Waals surface area contributed by atoms with E-state index in [4.69, 9.17) is 11.6 Å². The van der Waals surface area contributed by atoms with Crippen LogP contribution in [0.3, 0.4) is 0 Å². The van der Waals surface area contributed by atoms with Gasteiger partial charge in [-0.2, -0.15) is 0 Å². The molecule has 2 rings (SSSR count). The fourth-order valence-corrected chi connectivity index (χ4v) is 2.95. The Labute approximate surface area is 126 Å². The molecule has 1 saturated heterocycles. The molecule has 0 amide bonds. The average molecular weight is 299 g/mol. The number of hydrogen-bond acceptors (Lipinski definition) is 2. The molecule has 1 aliphatic heterocycles. The van der Waals surface area contributed by atoms with Crippen molar-refractivity contribution in [3.05, 3.63) is 34.6 Å². The van der Waals surface area contributed by atoms with Crippen molar-refractivity contribution in [2.24, 2.45) is 5.92 Å². The summed E-state index contributed by atoms with van der Waals surface area (Å²) in [6.07, 6.45) is 2.50. The predicted octanol–water partition coefficient (Wildman–Crippen LogP) is 3.69. The van der Waals surface area contributed by atoms with Gasteiger partial charge >= 0.3 is 0 Å². The maximum absolute atomic E-state index is 14.0. The zero-order valence-corrected chi connectivity index (χ0v) is 13.1. The Hall–Kier alpha value is -0.640. The van der Waals surface area contributed by atoms with Crippen molar-refractivity contribution in [3.63, 3.8) is 0 Å². The molecule has 1 unspecified atom stereocenters. The van der Waals surface area contributed by atoms with Crippen LogP contribution in [0.5, 0.6) is 0 Å². The molecule has 1 atom stereocenters. The summed E-state index contributed by atoms with van der Waals surface area (Å²) in [5.74, 6) is 0.384. The molecule has 1 heterocycles. The first kappa shape index (κ1) is 15.7. The van der Waals surface area contributed by atoms with Crippen molar-refractivity contribution < 1.29 is 4.39 Å². The Morgan fingerprint density at radius 2 is 2.25 bits per heavy atom. The zero-order chi connectivity index (χ0) is 14.5. The van der Waals surface area contributed by atoms with E-state index in [1.807, 2.05) is 12.1 Å². The number of hydrogen-bond donors (Lipinski definition) is 1. The standard InChI is InChI=1S/C16H24ClFN2/c1-12(2)20(10-13-5-4-8-19-9-13)11-14-6-3-7-15(17)16(14)18/h3,6-7,12-13,19H,4-5,8-11H2,1-2H3. The van der Waals surface area contributed by atoms with Crippen LogP contribution in [0.15, 0.2) is 18.2 Å². The molecule has 1 aromatic carbocycles. The largest absolute Gasteiger partial charge is 0.316 e. The lowest BCUT2D eigenvalue weighted by Gasteiger charge is -2.33. The van der Waals surface area contributed by atoms with Gasteiger partial charge in [0, 0.05) is 24.7 Å². The Bertz CT molecular complexity index is 430. The van der Waals surface area contributed by atoms with Gasteiger partial charge in [0.05, 0.1) is 5.02 Å². The molecule has 0 saturated carbocycles. The second kappa shape index (κ2) is 7.39. The van der Waals surface area contributed by atoms with Crippen molar-refractivity contribution >= 4 is 11.6 Å². The van der Waals surface area contributed by atoms with Gasteiger partial charge in [-0.25, -0.2) is 4.39 Å². The van der Waals surface area contributed by atoms with E-state index in [0.717, 1.165) is 19.6 Å². The summed E-state index contributed by atoms with van der Waals surface area (Å²) in [5, 5.41) is 3.66. The molecule has 0 aromatic heterocycles. The summed E-state index contributed by atoms with van der Waals surface area (Å²) in [6.45, 7) is 8.16. The van der Waals surface area contributed by atoms with Gasteiger partial charge in [0.2, 0.25) is 0 Å². The van der Waals surface area contributed by atoms with E-state index in [-0.39, 0.29) is 10.8 Å². The van der Waals surface area contributed by atoms with Crippen molar-refractivity contribution in [2.45, 2.75) is 39.3 Å². The van der Waals surface area contributed by atoms with Crippen LogP contribution in [-0.2, 0) is 6.54 Å². The van der Waals surface area contributed by atoms with Crippen molar-refractivity contribution in [1.29, 1.82) is 0 Å². The molecule has 4 heteroatoms. The summed E-state index contributed by atoms with van der Waals surface area (Å²) >= 11 is 5.87. The van der Waals surface area contributed by atoms with E-state index >= 15 is 0 Å². The van der Waals surface area contributed by atoms with E-state index in [1.165, 1.54) is 12.8 Å². The van der Waals surface area contributed by atoms with Gasteiger partial charge in [-0.15, -0.1) is 0 Å². The van der Waals surface area contributed by atoms with E-state index in [0.29, 0.717) is 24.1 Å². The number of nitrogens with one attached hydrogen (secondary N) is 1. The third kappa shape index (κ3) is 4.18. The SMILES string of the molecule is CC(C)N(Cc1cccc(Cl)c1F)CC1CCCNC1. The lowest BCUT2D eigenvalue weighted by molar-refractivity contribution is 0.162. The Kier molecular flexibility index (Phi) is 5.82. The van der Waals surface area contributed by atoms with E-state index < -0.39 is 0 Å². The van der Waals surface area contributed by atoms with Crippen LogP contribution >= 0.6 is 11.6 Å². The summed E-state index contributed by atoms with van der Waals surface area (Å²) in [7, 11) is 0. The van der Waals surface area contributed by atoms with E-state index in [2.05, 4.69) is 24.1 Å². The van der Waals surface area contributed by atoms with Crippen molar-refractivity contribution in [1.82, 2.24) is 10.2 Å². The molecular weight excluding hydrogens is 275 g/mol. The number of rotatable bonds is 5. The Balaban J connectivity index is 2.03. The smallest absolute Gasteiger partial charge is 0.146 e. The highest BCUT2D eigenvalue weighted by Crippen LogP contribution is 2.21. The van der Waals surface area contributed by atoms with Crippen LogP contribution in [0.4, 0.5) is 4.39 Å². The molecule has 1 fully saturated rings. The molecule has 0 bridgehead atoms. The second-order valence-electron chi connectivity index (χ2n) is 5.95. The minimum atomic E-state index is -0.276. The minimum Gasteiger partial charge on any atom is -0.316 e. The topological polar surface area (TPSA) is 15.3 Å². The fraction of sp³-hybridized carbons (Fsp3) is 0.625. The van der Waals surface area contributed by atoms with Crippen molar-refractivity contribution in [3.8, 4) is 0 Å². The van der Waals surface area contributed by atoms with E-state index in [9.17, 15) is 4.39 Å². The van der Waals surface area contributed by atoms with Crippen molar-refractivity contribution in [2.75, 3.05) is 19.6 Å². The van der Waals surface area contributed by atoms with Crippen LogP contribution in [0.1, 0.15) is 32.3 Å². The van der Waals surface area contributed by atoms with Gasteiger partial charge in [-0.05, 0) is 51.8 Å². The second-order valence-corrected chi connectivity index (χ2v) is 6.36. The van der Waals surface area contributed by atoms with Crippen LogP contribution < -0.4 is 5.32 Å². The molecule has 20 heavy (non-hydrogen) atoms. The summed E-state index contributed by atoms with van der Waals surface area (Å²) in [5.41, 5.74) is 0.690. The maximum atomic E-state index is 14.0. The molecule has 1 aliphatic rings. The number of benzene rings is 1. The third-order valence-corrected chi connectivity index (χ3v) is 4.32. The molecule has 2 nitrogen and oxygen atoms in total. The number of piperidine rings is 1. The summed E-state index contributed by atoms with van der Waals surface area (Å²) in [6, 6.07) is 5.65. The van der Waals surface area contributed by atoms with Crippen LogP contribution in [0.2, 0.25) is 5.02 Å². The average Bonchev–Trinajstić information content (AvgIpc) is 2.44. The zero-order valence-electron chi connectivity index (χ0n) is 12.3. The van der Waals surface area contributed by atoms with Gasteiger partial charge in [0.1, 0.15) is 5.82 Å². The predicted molar refractivity (Wildman–Crippen MR) is 82.5 cm³/mol. The van der Waals surface area contributed by atoms with Gasteiger partial charge in [0.15, 0.2) is 0 Å². The molecule has 112 valence electrons. The Morgan fingerprint density at radius 3 is 2.90 bits per heavy atom. The highest BCUT2D eigenvalue weighted by molar-refractivity contribution is 6.30. The fourth-order valence-electron chi connectivity index (χ4n) is 2.76. The molecule has 0 aliphatic carbocycles.